The lowest BCUT2D eigenvalue weighted by Gasteiger charge is -2.29. The van der Waals surface area contributed by atoms with Crippen molar-refractivity contribution in [3.8, 4) is 5.75 Å². The van der Waals surface area contributed by atoms with Crippen molar-refractivity contribution in [1.29, 1.82) is 0 Å². The SMILES string of the molecule is COc1ccc(N2C(=O)c3n[nH]c(CC(C)C)c3C2c2cc(C(F)(F)F)ccc2C(F)(F)F)cc1. The van der Waals surface area contributed by atoms with Crippen LogP contribution in [0.3, 0.4) is 0 Å². The first-order chi connectivity index (χ1) is 16.3. The van der Waals surface area contributed by atoms with Crippen molar-refractivity contribution in [1.82, 2.24) is 10.2 Å². The van der Waals surface area contributed by atoms with Gasteiger partial charge in [0, 0.05) is 16.9 Å². The Morgan fingerprint density at radius 3 is 2.23 bits per heavy atom. The van der Waals surface area contributed by atoms with Crippen LogP contribution in [0.4, 0.5) is 32.0 Å². The molecule has 0 radical (unpaired) electrons. The number of aromatic amines is 1. The van der Waals surface area contributed by atoms with Crippen LogP contribution in [0.15, 0.2) is 42.5 Å². The summed E-state index contributed by atoms with van der Waals surface area (Å²) in [5, 5.41) is 6.74. The first-order valence-corrected chi connectivity index (χ1v) is 10.7. The number of hydrogen-bond acceptors (Lipinski definition) is 3. The normalized spacial score (nSPS) is 16.2. The zero-order valence-electron chi connectivity index (χ0n) is 18.9. The molecule has 11 heteroatoms. The minimum Gasteiger partial charge on any atom is -0.497 e. The van der Waals surface area contributed by atoms with E-state index in [1.165, 1.54) is 31.4 Å². The summed E-state index contributed by atoms with van der Waals surface area (Å²) < 4.78 is 87.9. The van der Waals surface area contributed by atoms with E-state index in [1.807, 2.05) is 13.8 Å². The minimum atomic E-state index is -4.96. The lowest BCUT2D eigenvalue weighted by molar-refractivity contribution is -0.141. The van der Waals surface area contributed by atoms with Crippen molar-refractivity contribution >= 4 is 11.6 Å². The Kier molecular flexibility index (Phi) is 6.06. The average molecular weight is 497 g/mol. The van der Waals surface area contributed by atoms with Crippen LogP contribution in [0, 0.1) is 5.92 Å². The third-order valence-electron chi connectivity index (χ3n) is 5.78. The Balaban J connectivity index is 2.01. The van der Waals surface area contributed by atoms with Crippen molar-refractivity contribution in [3.63, 3.8) is 0 Å². The number of ether oxygens (including phenoxy) is 1. The highest BCUT2D eigenvalue weighted by molar-refractivity contribution is 6.10. The monoisotopic (exact) mass is 497 g/mol. The summed E-state index contributed by atoms with van der Waals surface area (Å²) in [6.07, 6.45) is -9.51. The molecule has 3 aromatic rings. The molecule has 0 bridgehead atoms. The lowest BCUT2D eigenvalue weighted by Crippen LogP contribution is -2.31. The van der Waals surface area contributed by atoms with Gasteiger partial charge < -0.3 is 4.74 Å². The highest BCUT2D eigenvalue weighted by Gasteiger charge is 2.47. The number of benzene rings is 2. The number of anilines is 1. The molecule has 0 fully saturated rings. The molecule has 0 saturated carbocycles. The molecule has 186 valence electrons. The molecule has 2 heterocycles. The summed E-state index contributed by atoms with van der Waals surface area (Å²) >= 11 is 0. The number of methoxy groups -OCH3 is 1. The molecule has 0 saturated heterocycles. The van der Waals surface area contributed by atoms with Gasteiger partial charge in [0.05, 0.1) is 24.3 Å². The van der Waals surface area contributed by atoms with Gasteiger partial charge in [0.25, 0.3) is 5.91 Å². The van der Waals surface area contributed by atoms with Gasteiger partial charge in [-0.2, -0.15) is 31.4 Å². The van der Waals surface area contributed by atoms with E-state index < -0.39 is 41.0 Å². The first kappa shape index (κ1) is 24.6. The van der Waals surface area contributed by atoms with Gasteiger partial charge in [-0.05, 0) is 60.4 Å². The van der Waals surface area contributed by atoms with Crippen molar-refractivity contribution in [3.05, 3.63) is 76.1 Å². The summed E-state index contributed by atoms with van der Waals surface area (Å²) in [5.74, 6) is -0.244. The van der Waals surface area contributed by atoms with Gasteiger partial charge >= 0.3 is 12.4 Å². The number of nitrogens with zero attached hydrogens (tertiary/aromatic N) is 2. The van der Waals surface area contributed by atoms with E-state index in [0.29, 0.717) is 36.1 Å². The molecular weight excluding hydrogens is 476 g/mol. The molecular formula is C24H21F6N3O2. The average Bonchev–Trinajstić information content (AvgIpc) is 3.30. The fourth-order valence-electron chi connectivity index (χ4n) is 4.30. The van der Waals surface area contributed by atoms with Gasteiger partial charge in [-0.15, -0.1) is 0 Å². The van der Waals surface area contributed by atoms with Crippen LogP contribution in [0.1, 0.15) is 58.3 Å². The van der Waals surface area contributed by atoms with Crippen molar-refractivity contribution in [2.45, 2.75) is 38.7 Å². The molecule has 1 aliphatic heterocycles. The number of halogens is 6. The molecule has 1 N–H and O–H groups in total. The van der Waals surface area contributed by atoms with Crippen LogP contribution in [0.5, 0.6) is 5.75 Å². The molecule has 5 nitrogen and oxygen atoms in total. The van der Waals surface area contributed by atoms with E-state index in [0.717, 1.165) is 4.90 Å². The van der Waals surface area contributed by atoms with E-state index in [4.69, 9.17) is 4.74 Å². The van der Waals surface area contributed by atoms with Crippen LogP contribution in [-0.4, -0.2) is 23.2 Å². The van der Waals surface area contributed by atoms with Crippen LogP contribution in [0.2, 0.25) is 0 Å². The number of aromatic nitrogens is 2. The van der Waals surface area contributed by atoms with Crippen LogP contribution in [-0.2, 0) is 18.8 Å². The molecule has 1 unspecified atom stereocenters. The third-order valence-corrected chi connectivity index (χ3v) is 5.78. The Morgan fingerprint density at radius 2 is 1.69 bits per heavy atom. The Hall–Kier alpha value is -3.50. The van der Waals surface area contributed by atoms with Crippen molar-refractivity contribution in [2.24, 2.45) is 5.92 Å². The van der Waals surface area contributed by atoms with E-state index in [1.54, 1.807) is 0 Å². The predicted octanol–water partition coefficient (Wildman–Crippen LogP) is 6.40. The molecule has 1 amide bonds. The Morgan fingerprint density at radius 1 is 1.03 bits per heavy atom. The number of amides is 1. The van der Waals surface area contributed by atoms with Gasteiger partial charge in [-0.3, -0.25) is 14.8 Å². The van der Waals surface area contributed by atoms with Gasteiger partial charge in [0.2, 0.25) is 0 Å². The summed E-state index contributed by atoms with van der Waals surface area (Å²) in [7, 11) is 1.42. The van der Waals surface area contributed by atoms with E-state index in [-0.39, 0.29) is 22.9 Å². The second kappa shape index (κ2) is 8.62. The van der Waals surface area contributed by atoms with Gasteiger partial charge in [0.15, 0.2) is 5.69 Å². The minimum absolute atomic E-state index is 0.0361. The second-order valence-corrected chi connectivity index (χ2v) is 8.64. The zero-order valence-corrected chi connectivity index (χ0v) is 18.9. The standard InChI is InChI=1S/C24H21F6N3O2/c1-12(2)10-18-19-20(32-31-18)22(34)33(14-5-7-15(35-3)8-6-14)21(19)16-11-13(23(25,26)27)4-9-17(16)24(28,29)30/h4-9,11-12,21H,10H2,1-3H3,(H,31,32). The maximum atomic E-state index is 14.0. The highest BCUT2D eigenvalue weighted by atomic mass is 19.4. The largest absolute Gasteiger partial charge is 0.497 e. The number of carbonyl (C=O) groups excluding carboxylic acids is 1. The fraction of sp³-hybridized carbons (Fsp3) is 0.333. The number of fused-ring (bicyclic) bond motifs is 1. The number of H-pyrrole nitrogens is 1. The lowest BCUT2D eigenvalue weighted by atomic mass is 9.90. The van der Waals surface area contributed by atoms with Gasteiger partial charge in [-0.25, -0.2) is 0 Å². The number of alkyl halides is 6. The predicted molar refractivity (Wildman–Crippen MR) is 115 cm³/mol. The van der Waals surface area contributed by atoms with E-state index in [9.17, 15) is 31.1 Å². The zero-order chi connectivity index (χ0) is 25.7. The summed E-state index contributed by atoms with van der Waals surface area (Å²) in [6, 6.07) is 5.74. The smallest absolute Gasteiger partial charge is 0.416 e. The second-order valence-electron chi connectivity index (χ2n) is 8.64. The van der Waals surface area contributed by atoms with Crippen LogP contribution >= 0.6 is 0 Å². The third kappa shape index (κ3) is 4.46. The molecule has 1 aliphatic rings. The number of nitrogens with one attached hydrogen (secondary N) is 1. The number of carbonyl (C=O) groups is 1. The van der Waals surface area contributed by atoms with Crippen LogP contribution in [0.25, 0.3) is 0 Å². The summed E-state index contributed by atoms with van der Waals surface area (Å²) in [5.41, 5.74) is -2.57. The summed E-state index contributed by atoms with van der Waals surface area (Å²) in [6.45, 7) is 3.73. The maximum absolute atomic E-state index is 14.0. The van der Waals surface area contributed by atoms with Gasteiger partial charge in [0.1, 0.15) is 5.75 Å². The topological polar surface area (TPSA) is 58.2 Å². The molecule has 35 heavy (non-hydrogen) atoms. The van der Waals surface area contributed by atoms with Crippen LogP contribution < -0.4 is 9.64 Å². The number of rotatable bonds is 5. The molecule has 2 aromatic carbocycles. The Bertz CT molecular complexity index is 1250. The number of hydrogen-bond donors (Lipinski definition) is 1. The molecule has 4 rings (SSSR count). The van der Waals surface area contributed by atoms with E-state index in [2.05, 4.69) is 10.2 Å². The fourth-order valence-corrected chi connectivity index (χ4v) is 4.30. The molecule has 0 aliphatic carbocycles. The molecule has 1 aromatic heterocycles. The van der Waals surface area contributed by atoms with Gasteiger partial charge in [-0.1, -0.05) is 13.8 Å². The quantitative estimate of drug-likeness (QED) is 0.415. The van der Waals surface area contributed by atoms with Crippen molar-refractivity contribution in [2.75, 3.05) is 12.0 Å². The Labute approximate surface area is 196 Å². The van der Waals surface area contributed by atoms with E-state index >= 15 is 0 Å². The maximum Gasteiger partial charge on any atom is 0.416 e. The molecule has 1 atom stereocenters. The molecule has 0 spiro atoms. The van der Waals surface area contributed by atoms with Crippen molar-refractivity contribution < 1.29 is 35.9 Å². The highest BCUT2D eigenvalue weighted by Crippen LogP contribution is 2.48. The first-order valence-electron chi connectivity index (χ1n) is 10.7. The summed E-state index contributed by atoms with van der Waals surface area (Å²) in [4.78, 5) is 14.4.